The van der Waals surface area contributed by atoms with E-state index in [1.807, 2.05) is 72.4 Å². The molecule has 0 aliphatic carbocycles. The number of para-hydroxylation sites is 2. The summed E-state index contributed by atoms with van der Waals surface area (Å²) in [5.41, 5.74) is 7.75. The average Bonchev–Trinajstić information content (AvgIpc) is 3.57. The van der Waals surface area contributed by atoms with Gasteiger partial charge in [0, 0.05) is 36.3 Å². The molecule has 1 aliphatic rings. The van der Waals surface area contributed by atoms with Crippen LogP contribution in [-0.4, -0.2) is 9.31 Å². The molecule has 4 heteroatoms. The second-order valence-electron chi connectivity index (χ2n) is 15.6. The summed E-state index contributed by atoms with van der Waals surface area (Å²) in [5, 5.41) is 7.51. The van der Waals surface area contributed by atoms with Crippen molar-refractivity contribution < 1.29 is 4.57 Å². The van der Waals surface area contributed by atoms with Crippen LogP contribution in [0, 0.1) is 0 Å². The summed E-state index contributed by atoms with van der Waals surface area (Å²) in [7, 11) is -3.17. The summed E-state index contributed by atoms with van der Waals surface area (Å²) in [6.07, 6.45) is 0. The van der Waals surface area contributed by atoms with Crippen molar-refractivity contribution in [2.75, 3.05) is 0 Å². The Morgan fingerprint density at radius 1 is 0.509 bits per heavy atom. The van der Waals surface area contributed by atoms with Gasteiger partial charge in [-0.1, -0.05) is 185 Å². The summed E-state index contributed by atoms with van der Waals surface area (Å²) in [4.78, 5) is 1.25. The van der Waals surface area contributed by atoms with E-state index in [-0.39, 0.29) is 4.75 Å². The molecule has 0 saturated heterocycles. The highest BCUT2D eigenvalue weighted by atomic mass is 32.2. The summed E-state index contributed by atoms with van der Waals surface area (Å²) in [6.45, 7) is 6.79. The molecule has 0 radical (unpaired) electrons. The van der Waals surface area contributed by atoms with Gasteiger partial charge in [0.1, 0.15) is 0 Å². The predicted octanol–water partition coefficient (Wildman–Crippen LogP) is 12.2. The number of hydrogen-bond acceptors (Lipinski definition) is 2. The zero-order valence-electron chi connectivity index (χ0n) is 31.1. The van der Waals surface area contributed by atoms with E-state index in [1.54, 1.807) is 0 Å². The van der Waals surface area contributed by atoms with Crippen molar-refractivity contribution in [3.05, 3.63) is 210 Å². The van der Waals surface area contributed by atoms with Crippen LogP contribution in [0.4, 0.5) is 0 Å². The molecule has 0 saturated carbocycles. The third-order valence-electron chi connectivity index (χ3n) is 11.2. The second-order valence-corrected chi connectivity index (χ2v) is 20.2. The van der Waals surface area contributed by atoms with Gasteiger partial charge in [0.25, 0.3) is 0 Å². The Balaban J connectivity index is 1.29. The first kappa shape index (κ1) is 33.9. The van der Waals surface area contributed by atoms with Crippen LogP contribution in [0.5, 0.6) is 0 Å². The third-order valence-corrected chi connectivity index (χ3v) is 15.4. The van der Waals surface area contributed by atoms with Crippen molar-refractivity contribution in [3.8, 4) is 5.69 Å². The SMILES string of the molecule is CC(C)(C)Sc1ccc(C2(c3ccc(P(=O)(c4ccccc4)c4ccccc4)cc3)c3ccccc3-n3c4ccc5ccccc5c4c4cccc2c43)cc1. The molecule has 1 aromatic heterocycles. The number of benzene rings is 8. The minimum atomic E-state index is -3.17. The second kappa shape index (κ2) is 12.7. The van der Waals surface area contributed by atoms with Gasteiger partial charge >= 0.3 is 0 Å². The maximum atomic E-state index is 15.5. The van der Waals surface area contributed by atoms with Crippen LogP contribution < -0.4 is 15.9 Å². The van der Waals surface area contributed by atoms with Crippen LogP contribution in [0.3, 0.4) is 0 Å². The van der Waals surface area contributed by atoms with Crippen molar-refractivity contribution in [2.24, 2.45) is 0 Å². The minimum Gasteiger partial charge on any atom is -0.309 e. The number of fused-ring (bicyclic) bond motifs is 7. The third kappa shape index (κ3) is 5.14. The molecule has 1 unspecified atom stereocenters. The molecule has 55 heavy (non-hydrogen) atoms. The maximum Gasteiger partial charge on any atom is 0.171 e. The van der Waals surface area contributed by atoms with E-state index < -0.39 is 12.6 Å². The summed E-state index contributed by atoms with van der Waals surface area (Å²) >= 11 is 1.89. The number of aromatic nitrogens is 1. The predicted molar refractivity (Wildman–Crippen MR) is 235 cm³/mol. The van der Waals surface area contributed by atoms with Crippen molar-refractivity contribution in [1.82, 2.24) is 4.57 Å². The lowest BCUT2D eigenvalue weighted by atomic mass is 9.63. The van der Waals surface area contributed by atoms with E-state index >= 15 is 4.57 Å². The van der Waals surface area contributed by atoms with Gasteiger partial charge in [-0.05, 0) is 57.3 Å². The van der Waals surface area contributed by atoms with Crippen LogP contribution in [0.15, 0.2) is 193 Å². The van der Waals surface area contributed by atoms with Crippen LogP contribution in [0.25, 0.3) is 38.3 Å². The van der Waals surface area contributed by atoms with Gasteiger partial charge in [-0.15, -0.1) is 11.8 Å². The topological polar surface area (TPSA) is 22.0 Å². The van der Waals surface area contributed by atoms with E-state index in [9.17, 15) is 0 Å². The largest absolute Gasteiger partial charge is 0.309 e. The van der Waals surface area contributed by atoms with Crippen LogP contribution in [0.2, 0.25) is 0 Å². The summed E-state index contributed by atoms with van der Waals surface area (Å²) in [5.74, 6) is 0. The Hall–Kier alpha value is -5.60. The molecule has 9 aromatic rings. The Kier molecular flexibility index (Phi) is 7.86. The fourth-order valence-electron chi connectivity index (χ4n) is 9.08. The van der Waals surface area contributed by atoms with Gasteiger partial charge in [0.05, 0.1) is 22.1 Å². The Morgan fingerprint density at radius 3 is 1.73 bits per heavy atom. The molecule has 2 nitrogen and oxygen atoms in total. The molecule has 2 heterocycles. The molecule has 266 valence electrons. The molecule has 0 bridgehead atoms. The number of thioether (sulfide) groups is 1. The standard InChI is InChI=1S/C51H40NOPS/c1-50(2,3)55-41-32-28-37(29-33-41)51(36-26-30-40(31-27-36)54(53,38-16-6-4-7-17-38)39-18-8-5-9-19-39)44-22-12-13-24-46(44)52-47-34-25-35-15-10-11-20-42(35)48(47)43-21-14-23-45(51)49(43)52/h4-34H,1-3H3. The average molecular weight is 746 g/mol. The Morgan fingerprint density at radius 2 is 1.05 bits per heavy atom. The van der Waals surface area contributed by atoms with E-state index in [4.69, 9.17) is 0 Å². The monoisotopic (exact) mass is 745 g/mol. The van der Waals surface area contributed by atoms with Gasteiger partial charge in [-0.3, -0.25) is 0 Å². The zero-order valence-corrected chi connectivity index (χ0v) is 32.8. The van der Waals surface area contributed by atoms with Crippen LogP contribution >= 0.6 is 18.9 Å². The van der Waals surface area contributed by atoms with Crippen molar-refractivity contribution >= 4 is 67.4 Å². The highest BCUT2D eigenvalue weighted by Crippen LogP contribution is 2.55. The zero-order chi connectivity index (χ0) is 37.4. The summed E-state index contributed by atoms with van der Waals surface area (Å²) in [6, 6.07) is 67.0. The minimum absolute atomic E-state index is 0.0905. The molecule has 1 atom stereocenters. The van der Waals surface area contributed by atoms with Gasteiger partial charge in [0.15, 0.2) is 7.14 Å². The number of hydrogen-bond donors (Lipinski definition) is 0. The molecule has 8 aromatic carbocycles. The molecule has 0 fully saturated rings. The lowest BCUT2D eigenvalue weighted by Crippen LogP contribution is -2.35. The lowest BCUT2D eigenvalue weighted by molar-refractivity contribution is 0.592. The first-order valence-corrected chi connectivity index (χ1v) is 21.5. The van der Waals surface area contributed by atoms with Gasteiger partial charge in [-0.25, -0.2) is 0 Å². The van der Waals surface area contributed by atoms with E-state index in [1.165, 1.54) is 59.9 Å². The molecule has 0 N–H and O–H groups in total. The molecular weight excluding hydrogens is 706 g/mol. The highest BCUT2D eigenvalue weighted by Gasteiger charge is 2.45. The highest BCUT2D eigenvalue weighted by molar-refractivity contribution is 8.00. The van der Waals surface area contributed by atoms with Crippen molar-refractivity contribution in [1.29, 1.82) is 0 Å². The first-order valence-electron chi connectivity index (χ1n) is 19.0. The first-order chi connectivity index (χ1) is 26.8. The van der Waals surface area contributed by atoms with E-state index in [0.29, 0.717) is 0 Å². The van der Waals surface area contributed by atoms with Crippen molar-refractivity contribution in [2.45, 2.75) is 35.8 Å². The normalized spacial score (nSPS) is 15.4. The smallest absolute Gasteiger partial charge is 0.171 e. The lowest BCUT2D eigenvalue weighted by Gasteiger charge is -2.42. The quantitative estimate of drug-likeness (QED) is 0.125. The Labute approximate surface area is 326 Å². The van der Waals surface area contributed by atoms with E-state index in [2.05, 4.69) is 153 Å². The maximum absolute atomic E-state index is 15.5. The fraction of sp³-hybridized carbons (Fsp3) is 0.0980. The number of nitrogens with zero attached hydrogens (tertiary/aromatic N) is 1. The molecule has 1 aliphatic heterocycles. The van der Waals surface area contributed by atoms with Crippen molar-refractivity contribution in [3.63, 3.8) is 0 Å². The van der Waals surface area contributed by atoms with Crippen LogP contribution in [-0.2, 0) is 9.98 Å². The van der Waals surface area contributed by atoms with E-state index in [0.717, 1.165) is 21.5 Å². The fourth-order valence-corrected chi connectivity index (χ4v) is 12.7. The molecule has 0 spiro atoms. The molecular formula is C51H40NOPS. The Bertz CT molecular complexity index is 2900. The summed E-state index contributed by atoms with van der Waals surface area (Å²) < 4.78 is 18.1. The molecule has 10 rings (SSSR count). The van der Waals surface area contributed by atoms with Gasteiger partial charge < -0.3 is 9.13 Å². The number of rotatable bonds is 6. The van der Waals surface area contributed by atoms with Gasteiger partial charge in [-0.2, -0.15) is 0 Å². The van der Waals surface area contributed by atoms with Gasteiger partial charge in [0.2, 0.25) is 0 Å². The molecule has 0 amide bonds. The van der Waals surface area contributed by atoms with Crippen LogP contribution in [0.1, 0.15) is 43.0 Å².